The molecule has 1 N–H and O–H groups in total. The van der Waals surface area contributed by atoms with Crippen molar-refractivity contribution >= 4 is 11.9 Å². The first kappa shape index (κ1) is 34.1. The Kier molecular flexibility index (Phi) is 14.2. The molecule has 0 aliphatic carbocycles. The van der Waals surface area contributed by atoms with Crippen LogP contribution in [0.5, 0.6) is 11.5 Å². The molecular weight excluding hydrogens is 492 g/mol. The van der Waals surface area contributed by atoms with Gasteiger partial charge in [0.2, 0.25) is 6.10 Å². The van der Waals surface area contributed by atoms with Crippen LogP contribution < -0.4 is 14.8 Å². The van der Waals surface area contributed by atoms with Crippen LogP contribution in [0.1, 0.15) is 102 Å². The van der Waals surface area contributed by atoms with Gasteiger partial charge in [-0.15, -0.1) is 0 Å². The van der Waals surface area contributed by atoms with E-state index in [0.29, 0.717) is 29.4 Å². The molecule has 7 heteroatoms. The number of nitrogens with zero attached hydrogens (tertiary/aromatic N) is 1. The smallest absolute Gasteiger partial charge is 0.357 e. The first-order chi connectivity index (χ1) is 18.4. The number of esters is 1. The molecule has 0 fully saturated rings. The van der Waals surface area contributed by atoms with Gasteiger partial charge in [0.1, 0.15) is 17.9 Å². The number of carbonyl (C=O) groups excluding carboxylic acids is 2. The highest BCUT2D eigenvalue weighted by molar-refractivity contribution is 5.91. The summed E-state index contributed by atoms with van der Waals surface area (Å²) < 4.78 is 17.5. The number of hydrogen-bond donors (Lipinski definition) is 1. The van der Waals surface area contributed by atoms with Gasteiger partial charge in [0.05, 0.1) is 0 Å². The summed E-state index contributed by atoms with van der Waals surface area (Å²) in [6.07, 6.45) is 2.91. The summed E-state index contributed by atoms with van der Waals surface area (Å²) >= 11 is 0. The van der Waals surface area contributed by atoms with E-state index in [2.05, 4.69) is 44.8 Å². The quantitative estimate of drug-likeness (QED) is 0.231. The molecular formula is C32H52N2O5. The second kappa shape index (κ2) is 16.2. The van der Waals surface area contributed by atoms with E-state index in [-0.39, 0.29) is 18.4 Å². The van der Waals surface area contributed by atoms with Crippen molar-refractivity contribution in [2.24, 2.45) is 5.92 Å². The van der Waals surface area contributed by atoms with Gasteiger partial charge in [-0.05, 0) is 71.9 Å². The Morgan fingerprint density at radius 1 is 1.10 bits per heavy atom. The van der Waals surface area contributed by atoms with E-state index in [0.717, 1.165) is 31.4 Å². The summed E-state index contributed by atoms with van der Waals surface area (Å²) in [5.74, 6) is 0.567. The molecule has 39 heavy (non-hydrogen) atoms. The van der Waals surface area contributed by atoms with Crippen LogP contribution >= 0.6 is 0 Å². The van der Waals surface area contributed by atoms with Crippen LogP contribution in [0.3, 0.4) is 0 Å². The number of amides is 1. The highest BCUT2D eigenvalue weighted by Crippen LogP contribution is 2.31. The number of fused-ring (bicyclic) bond motifs is 1. The van der Waals surface area contributed by atoms with Gasteiger partial charge < -0.3 is 24.4 Å². The van der Waals surface area contributed by atoms with Crippen LogP contribution in [-0.2, 0) is 14.3 Å². The third-order valence-electron chi connectivity index (χ3n) is 5.99. The van der Waals surface area contributed by atoms with E-state index in [4.69, 9.17) is 14.2 Å². The molecule has 220 valence electrons. The van der Waals surface area contributed by atoms with Gasteiger partial charge in [-0.1, -0.05) is 65.7 Å². The molecule has 1 atom stereocenters. The van der Waals surface area contributed by atoms with Gasteiger partial charge in [0.25, 0.3) is 5.91 Å². The van der Waals surface area contributed by atoms with E-state index in [1.165, 1.54) is 5.57 Å². The Bertz CT molecular complexity index is 1000. The Balaban J connectivity index is 0.00000371. The lowest BCUT2D eigenvalue weighted by molar-refractivity contribution is -0.151. The summed E-state index contributed by atoms with van der Waals surface area (Å²) in [4.78, 5) is 29.0. The Hall–Kier alpha value is -2.96. The third-order valence-corrected chi connectivity index (χ3v) is 5.99. The van der Waals surface area contributed by atoms with Gasteiger partial charge in [-0.3, -0.25) is 4.79 Å². The molecule has 1 aromatic carbocycles. The average Bonchev–Trinajstić information content (AvgIpc) is 2.88. The molecule has 0 spiro atoms. The first-order valence-electron chi connectivity index (χ1n) is 14.5. The SMILES string of the molecule is CC.CCCC/C(=C(/C)CC)N(CC(C)C)/C(C(=O)OC(C)(C)C)=C(\C)NC(=O)C1COc2ccccc2O1. The lowest BCUT2D eigenvalue weighted by atomic mass is 10.0. The third kappa shape index (κ3) is 10.6. The predicted octanol–water partition coefficient (Wildman–Crippen LogP) is 7.37. The molecule has 1 aromatic rings. The minimum absolute atomic E-state index is 0.0875. The lowest BCUT2D eigenvalue weighted by Crippen LogP contribution is -2.45. The van der Waals surface area contributed by atoms with E-state index >= 15 is 0 Å². The fourth-order valence-electron chi connectivity index (χ4n) is 4.09. The molecule has 7 nitrogen and oxygen atoms in total. The summed E-state index contributed by atoms with van der Waals surface area (Å²) in [6.45, 7) is 22.6. The number of rotatable bonds is 11. The zero-order valence-electron chi connectivity index (χ0n) is 26.2. The monoisotopic (exact) mass is 544 g/mol. The maximum absolute atomic E-state index is 13.7. The fraction of sp³-hybridized carbons (Fsp3) is 0.625. The van der Waals surface area contributed by atoms with Crippen LogP contribution in [0.2, 0.25) is 0 Å². The van der Waals surface area contributed by atoms with Crippen molar-refractivity contribution in [1.29, 1.82) is 0 Å². The molecule has 0 aromatic heterocycles. The molecule has 2 rings (SSSR count). The zero-order valence-corrected chi connectivity index (χ0v) is 26.2. The minimum Gasteiger partial charge on any atom is -0.485 e. The maximum atomic E-state index is 13.7. The van der Waals surface area contributed by atoms with Crippen LogP contribution in [-0.4, -0.2) is 41.6 Å². The summed E-state index contributed by atoms with van der Waals surface area (Å²) in [5.41, 5.74) is 2.43. The van der Waals surface area contributed by atoms with Crippen LogP contribution in [0, 0.1) is 5.92 Å². The molecule has 1 aliphatic rings. The topological polar surface area (TPSA) is 77.1 Å². The molecule has 1 heterocycles. The number of para-hydroxylation sites is 2. The van der Waals surface area contributed by atoms with Crippen molar-refractivity contribution in [3.05, 3.63) is 46.9 Å². The normalized spacial score (nSPS) is 15.8. The van der Waals surface area contributed by atoms with Crippen LogP contribution in [0.15, 0.2) is 46.9 Å². The summed E-state index contributed by atoms with van der Waals surface area (Å²) in [7, 11) is 0. The zero-order chi connectivity index (χ0) is 29.8. The second-order valence-corrected chi connectivity index (χ2v) is 11.0. The van der Waals surface area contributed by atoms with Crippen molar-refractivity contribution in [3.63, 3.8) is 0 Å². The second-order valence-electron chi connectivity index (χ2n) is 11.0. The van der Waals surface area contributed by atoms with Crippen molar-refractivity contribution in [1.82, 2.24) is 10.2 Å². The number of carbonyl (C=O) groups is 2. The number of hydrogen-bond acceptors (Lipinski definition) is 6. The molecule has 1 aliphatic heterocycles. The van der Waals surface area contributed by atoms with Crippen LogP contribution in [0.25, 0.3) is 0 Å². The van der Waals surface area contributed by atoms with E-state index < -0.39 is 17.7 Å². The Morgan fingerprint density at radius 3 is 2.26 bits per heavy atom. The lowest BCUT2D eigenvalue weighted by Gasteiger charge is -2.35. The first-order valence-corrected chi connectivity index (χ1v) is 14.5. The fourth-order valence-corrected chi connectivity index (χ4v) is 4.09. The van der Waals surface area contributed by atoms with Crippen molar-refractivity contribution < 1.29 is 23.8 Å². The van der Waals surface area contributed by atoms with Crippen molar-refractivity contribution in [3.8, 4) is 11.5 Å². The number of benzene rings is 1. The standard InChI is InChI=1S/C30H46N2O5.C2H6/c1-10-12-15-23(21(5)11-2)32(18-20(3)4)27(29(34)37-30(7,8)9)22(6)31-28(33)26-19-35-24-16-13-14-17-25(24)36-26;1-2/h13-14,16-17,20,26H,10-12,15,18-19H2,1-9H3,(H,31,33);1-2H3/b23-21+,27-22+;. The number of allylic oxidation sites excluding steroid dienone is 3. The minimum atomic E-state index is -0.837. The number of unbranched alkanes of at least 4 members (excludes halogenated alkanes) is 1. The highest BCUT2D eigenvalue weighted by atomic mass is 16.6. The van der Waals surface area contributed by atoms with Gasteiger partial charge in [0.15, 0.2) is 11.5 Å². The average molecular weight is 545 g/mol. The van der Waals surface area contributed by atoms with Gasteiger partial charge in [-0.25, -0.2) is 4.79 Å². The molecule has 0 bridgehead atoms. The predicted molar refractivity (Wildman–Crippen MR) is 158 cm³/mol. The van der Waals surface area contributed by atoms with Gasteiger partial charge in [-0.2, -0.15) is 0 Å². The summed E-state index contributed by atoms with van der Waals surface area (Å²) in [5, 5.41) is 2.94. The maximum Gasteiger partial charge on any atom is 0.357 e. The summed E-state index contributed by atoms with van der Waals surface area (Å²) in [6, 6.07) is 7.26. The molecule has 1 amide bonds. The van der Waals surface area contributed by atoms with Crippen molar-refractivity contribution in [2.75, 3.05) is 13.2 Å². The van der Waals surface area contributed by atoms with Gasteiger partial charge in [0, 0.05) is 17.9 Å². The Labute approximate surface area is 237 Å². The Morgan fingerprint density at radius 2 is 1.72 bits per heavy atom. The molecule has 0 saturated carbocycles. The molecule has 1 unspecified atom stereocenters. The van der Waals surface area contributed by atoms with E-state index in [9.17, 15) is 9.59 Å². The molecule has 0 radical (unpaired) electrons. The molecule has 0 saturated heterocycles. The van der Waals surface area contributed by atoms with E-state index in [1.807, 2.05) is 46.8 Å². The number of nitrogens with one attached hydrogen (secondary N) is 1. The van der Waals surface area contributed by atoms with E-state index in [1.54, 1.807) is 19.1 Å². The largest absolute Gasteiger partial charge is 0.485 e. The van der Waals surface area contributed by atoms with Crippen molar-refractivity contribution in [2.45, 2.75) is 114 Å². The van der Waals surface area contributed by atoms with Gasteiger partial charge >= 0.3 is 5.97 Å². The highest BCUT2D eigenvalue weighted by Gasteiger charge is 2.32. The van der Waals surface area contributed by atoms with Crippen LogP contribution in [0.4, 0.5) is 0 Å². The number of ether oxygens (including phenoxy) is 3.